The second-order valence-electron chi connectivity index (χ2n) is 4.08. The summed E-state index contributed by atoms with van der Waals surface area (Å²) in [4.78, 5) is 7.56. The zero-order valence-electron chi connectivity index (χ0n) is 9.77. The second-order valence-corrected chi connectivity index (χ2v) is 5.00. The SMILES string of the molecule is Cc1nc(/C=C/c2cc3ccc(Br)cc3[nH]2)co1. The Hall–Kier alpha value is -1.81. The van der Waals surface area contributed by atoms with E-state index in [4.69, 9.17) is 4.42 Å². The first-order valence-electron chi connectivity index (χ1n) is 5.59. The number of nitrogens with one attached hydrogen (secondary N) is 1. The molecule has 0 saturated carbocycles. The van der Waals surface area contributed by atoms with Crippen LogP contribution in [0.3, 0.4) is 0 Å². The van der Waals surface area contributed by atoms with Gasteiger partial charge in [-0.2, -0.15) is 0 Å². The number of hydrogen-bond acceptors (Lipinski definition) is 2. The molecule has 3 nitrogen and oxygen atoms in total. The van der Waals surface area contributed by atoms with Gasteiger partial charge < -0.3 is 9.40 Å². The van der Waals surface area contributed by atoms with Gasteiger partial charge in [0.1, 0.15) is 12.0 Å². The summed E-state index contributed by atoms with van der Waals surface area (Å²) in [6.45, 7) is 1.83. The Kier molecular flexibility index (Phi) is 2.80. The van der Waals surface area contributed by atoms with E-state index in [9.17, 15) is 0 Å². The summed E-state index contributed by atoms with van der Waals surface area (Å²) in [6, 6.07) is 8.27. The molecule has 1 aromatic carbocycles. The quantitative estimate of drug-likeness (QED) is 0.762. The molecule has 0 amide bonds. The molecule has 90 valence electrons. The highest BCUT2D eigenvalue weighted by Gasteiger charge is 1.99. The molecule has 0 spiro atoms. The molecule has 0 aliphatic carbocycles. The highest BCUT2D eigenvalue weighted by molar-refractivity contribution is 9.10. The lowest BCUT2D eigenvalue weighted by atomic mass is 10.2. The number of halogens is 1. The number of fused-ring (bicyclic) bond motifs is 1. The van der Waals surface area contributed by atoms with Crippen molar-refractivity contribution in [3.8, 4) is 0 Å². The van der Waals surface area contributed by atoms with Gasteiger partial charge in [0, 0.05) is 28.0 Å². The first-order chi connectivity index (χ1) is 8.70. The molecule has 0 unspecified atom stereocenters. The van der Waals surface area contributed by atoms with Gasteiger partial charge in [0.2, 0.25) is 0 Å². The van der Waals surface area contributed by atoms with Crippen molar-refractivity contribution in [1.82, 2.24) is 9.97 Å². The topological polar surface area (TPSA) is 41.8 Å². The minimum atomic E-state index is 0.676. The van der Waals surface area contributed by atoms with Crippen molar-refractivity contribution in [2.45, 2.75) is 6.92 Å². The number of aromatic amines is 1. The summed E-state index contributed by atoms with van der Waals surface area (Å²) in [5.41, 5.74) is 2.98. The normalized spacial score (nSPS) is 11.7. The van der Waals surface area contributed by atoms with Crippen molar-refractivity contribution in [2.24, 2.45) is 0 Å². The van der Waals surface area contributed by atoms with E-state index in [-0.39, 0.29) is 0 Å². The smallest absolute Gasteiger partial charge is 0.191 e. The summed E-state index contributed by atoms with van der Waals surface area (Å²) < 4.78 is 6.22. The van der Waals surface area contributed by atoms with Gasteiger partial charge in [-0.15, -0.1) is 0 Å². The predicted molar refractivity (Wildman–Crippen MR) is 76.2 cm³/mol. The van der Waals surface area contributed by atoms with Gasteiger partial charge in [0.05, 0.1) is 0 Å². The molecule has 3 rings (SSSR count). The number of hydrogen-bond donors (Lipinski definition) is 1. The van der Waals surface area contributed by atoms with Crippen LogP contribution in [0.25, 0.3) is 23.1 Å². The van der Waals surface area contributed by atoms with Crippen molar-refractivity contribution in [3.63, 3.8) is 0 Å². The van der Waals surface area contributed by atoms with E-state index in [1.54, 1.807) is 6.26 Å². The van der Waals surface area contributed by atoms with Crippen molar-refractivity contribution in [2.75, 3.05) is 0 Å². The monoisotopic (exact) mass is 302 g/mol. The molecule has 0 saturated heterocycles. The van der Waals surface area contributed by atoms with Gasteiger partial charge in [0.15, 0.2) is 5.89 Å². The van der Waals surface area contributed by atoms with Gasteiger partial charge in [-0.05, 0) is 30.4 Å². The lowest BCUT2D eigenvalue weighted by molar-refractivity contribution is 0.521. The van der Waals surface area contributed by atoms with E-state index in [1.165, 1.54) is 5.39 Å². The molecule has 0 atom stereocenters. The van der Waals surface area contributed by atoms with Crippen LogP contribution in [0.5, 0.6) is 0 Å². The lowest BCUT2D eigenvalue weighted by Crippen LogP contribution is -1.73. The van der Waals surface area contributed by atoms with Crippen LogP contribution in [0.15, 0.2) is 39.4 Å². The minimum Gasteiger partial charge on any atom is -0.449 e. The molecular formula is C14H11BrN2O. The van der Waals surface area contributed by atoms with Gasteiger partial charge >= 0.3 is 0 Å². The third kappa shape index (κ3) is 2.24. The fraction of sp³-hybridized carbons (Fsp3) is 0.0714. The average Bonchev–Trinajstić information content (AvgIpc) is 2.92. The maximum Gasteiger partial charge on any atom is 0.191 e. The molecule has 0 radical (unpaired) electrons. The Morgan fingerprint density at radius 1 is 1.28 bits per heavy atom. The Balaban J connectivity index is 1.93. The Bertz CT molecular complexity index is 724. The number of aromatic nitrogens is 2. The van der Waals surface area contributed by atoms with E-state index < -0.39 is 0 Å². The van der Waals surface area contributed by atoms with Crippen LogP contribution in [0.1, 0.15) is 17.3 Å². The molecule has 2 aromatic heterocycles. The molecule has 3 aromatic rings. The van der Waals surface area contributed by atoms with Crippen molar-refractivity contribution >= 4 is 39.0 Å². The van der Waals surface area contributed by atoms with Crippen LogP contribution in [0.2, 0.25) is 0 Å². The van der Waals surface area contributed by atoms with Crippen molar-refractivity contribution < 1.29 is 4.42 Å². The number of benzene rings is 1. The predicted octanol–water partition coefficient (Wildman–Crippen LogP) is 4.40. The van der Waals surface area contributed by atoms with Crippen LogP contribution in [-0.4, -0.2) is 9.97 Å². The first-order valence-corrected chi connectivity index (χ1v) is 6.38. The fourth-order valence-corrected chi connectivity index (χ4v) is 2.20. The summed E-state index contributed by atoms with van der Waals surface area (Å²) in [5.74, 6) is 0.676. The highest BCUT2D eigenvalue weighted by atomic mass is 79.9. The van der Waals surface area contributed by atoms with Gasteiger partial charge in [0.25, 0.3) is 0 Å². The summed E-state index contributed by atoms with van der Waals surface area (Å²) in [7, 11) is 0. The lowest BCUT2D eigenvalue weighted by Gasteiger charge is -1.89. The van der Waals surface area contributed by atoms with Gasteiger partial charge in [-0.1, -0.05) is 22.0 Å². The molecular weight excluding hydrogens is 292 g/mol. The van der Waals surface area contributed by atoms with E-state index in [1.807, 2.05) is 25.1 Å². The Labute approximate surface area is 113 Å². The van der Waals surface area contributed by atoms with Crippen LogP contribution >= 0.6 is 15.9 Å². The Morgan fingerprint density at radius 2 is 2.17 bits per heavy atom. The number of nitrogens with zero attached hydrogens (tertiary/aromatic N) is 1. The standard InChI is InChI=1S/C14H11BrN2O/c1-9-16-13(8-18-9)5-4-12-6-10-2-3-11(15)7-14(10)17-12/h2-8,17H,1H3/b5-4+. The molecule has 4 heteroatoms. The van der Waals surface area contributed by atoms with E-state index in [2.05, 4.69) is 44.1 Å². The van der Waals surface area contributed by atoms with Crippen LogP contribution in [0, 0.1) is 6.92 Å². The molecule has 0 aliphatic rings. The molecule has 1 N–H and O–H groups in total. The average molecular weight is 303 g/mol. The molecule has 0 aliphatic heterocycles. The third-order valence-corrected chi connectivity index (χ3v) is 3.17. The fourth-order valence-electron chi connectivity index (χ4n) is 1.84. The van der Waals surface area contributed by atoms with Gasteiger partial charge in [-0.3, -0.25) is 0 Å². The number of aryl methyl sites for hydroxylation is 1. The van der Waals surface area contributed by atoms with E-state index in [0.717, 1.165) is 21.4 Å². The van der Waals surface area contributed by atoms with Gasteiger partial charge in [-0.25, -0.2) is 4.98 Å². The second kappa shape index (κ2) is 4.46. The van der Waals surface area contributed by atoms with Crippen LogP contribution in [-0.2, 0) is 0 Å². The summed E-state index contributed by atoms with van der Waals surface area (Å²) >= 11 is 3.46. The zero-order valence-corrected chi connectivity index (χ0v) is 11.4. The minimum absolute atomic E-state index is 0.676. The Morgan fingerprint density at radius 3 is 2.94 bits per heavy atom. The maximum atomic E-state index is 5.15. The first kappa shape index (κ1) is 11.3. The molecule has 0 fully saturated rings. The maximum absolute atomic E-state index is 5.15. The molecule has 2 heterocycles. The molecule has 18 heavy (non-hydrogen) atoms. The van der Waals surface area contributed by atoms with Crippen molar-refractivity contribution in [1.29, 1.82) is 0 Å². The van der Waals surface area contributed by atoms with E-state index >= 15 is 0 Å². The number of H-pyrrole nitrogens is 1. The summed E-state index contributed by atoms with van der Waals surface area (Å²) in [5, 5.41) is 1.19. The largest absolute Gasteiger partial charge is 0.449 e. The van der Waals surface area contributed by atoms with Crippen LogP contribution in [0.4, 0.5) is 0 Å². The molecule has 0 bridgehead atoms. The number of oxazole rings is 1. The highest BCUT2D eigenvalue weighted by Crippen LogP contribution is 2.21. The summed E-state index contributed by atoms with van der Waals surface area (Å²) in [6.07, 6.45) is 5.56. The van der Waals surface area contributed by atoms with Crippen molar-refractivity contribution in [3.05, 3.63) is 52.3 Å². The third-order valence-electron chi connectivity index (χ3n) is 2.68. The van der Waals surface area contributed by atoms with E-state index in [0.29, 0.717) is 5.89 Å². The van der Waals surface area contributed by atoms with Crippen LogP contribution < -0.4 is 0 Å². The number of rotatable bonds is 2. The zero-order chi connectivity index (χ0) is 12.5.